The lowest BCUT2D eigenvalue weighted by Crippen LogP contribution is -2.39. The number of aryl methyl sites for hydroxylation is 1. The maximum atomic E-state index is 14.0. The van der Waals surface area contributed by atoms with Gasteiger partial charge in [-0.1, -0.05) is 50.2 Å². The van der Waals surface area contributed by atoms with Gasteiger partial charge in [-0.2, -0.15) is 0 Å². The quantitative estimate of drug-likeness (QED) is 0.137. The fourth-order valence-corrected chi connectivity index (χ4v) is 6.49. The predicted molar refractivity (Wildman–Crippen MR) is 199 cm³/mol. The molecule has 2 heterocycles. The van der Waals surface area contributed by atoms with E-state index in [9.17, 15) is 13.6 Å². The molecule has 1 fully saturated rings. The van der Waals surface area contributed by atoms with Crippen LogP contribution >= 0.6 is 0 Å². The molecule has 0 saturated carbocycles. The molecule has 3 aromatic carbocycles. The first-order valence-electron chi connectivity index (χ1n) is 18.0. The molecule has 51 heavy (non-hydrogen) atoms. The molecule has 0 spiro atoms. The number of ether oxygens (including phenoxy) is 3. The Bertz CT molecular complexity index is 1770. The summed E-state index contributed by atoms with van der Waals surface area (Å²) in [6.07, 6.45) is 1.71. The summed E-state index contributed by atoms with van der Waals surface area (Å²) in [5.74, 6) is -0.304. The Labute approximate surface area is 302 Å². The van der Waals surface area contributed by atoms with Crippen LogP contribution in [0.3, 0.4) is 0 Å². The van der Waals surface area contributed by atoms with Crippen molar-refractivity contribution in [2.24, 2.45) is 5.41 Å². The Morgan fingerprint density at radius 3 is 2.00 bits per heavy atom. The van der Waals surface area contributed by atoms with Gasteiger partial charge in [0.25, 0.3) is 0 Å². The summed E-state index contributed by atoms with van der Waals surface area (Å²) in [5.41, 5.74) is 6.37. The van der Waals surface area contributed by atoms with Crippen molar-refractivity contribution in [3.05, 3.63) is 113 Å². The third-order valence-electron chi connectivity index (χ3n) is 9.21. The van der Waals surface area contributed by atoms with Crippen LogP contribution in [0.2, 0.25) is 0 Å². The zero-order valence-corrected chi connectivity index (χ0v) is 31.3. The van der Waals surface area contributed by atoms with Crippen molar-refractivity contribution in [1.82, 2.24) is 4.98 Å². The lowest BCUT2D eigenvalue weighted by Gasteiger charge is -2.41. The summed E-state index contributed by atoms with van der Waals surface area (Å²) in [6, 6.07) is 20.9. The number of carbonyl (C=O) groups excluding carboxylic acids is 1. The number of piperidine rings is 1. The maximum Gasteiger partial charge on any atom is 0.340 e. The van der Waals surface area contributed by atoms with Crippen LogP contribution in [0.25, 0.3) is 11.1 Å². The summed E-state index contributed by atoms with van der Waals surface area (Å²) in [7, 11) is 0. The fraction of sp³-hybridized carbons (Fsp3) is 0.442. The second kappa shape index (κ2) is 15.9. The first-order chi connectivity index (χ1) is 24.1. The number of rotatable bonds is 12. The van der Waals surface area contributed by atoms with E-state index in [-0.39, 0.29) is 23.2 Å². The molecule has 4 aromatic rings. The molecule has 1 atom stereocenters. The van der Waals surface area contributed by atoms with Crippen LogP contribution in [-0.4, -0.2) is 42.4 Å². The summed E-state index contributed by atoms with van der Waals surface area (Å²) < 4.78 is 45.9. The van der Waals surface area contributed by atoms with Gasteiger partial charge in [0.2, 0.25) is 0 Å². The van der Waals surface area contributed by atoms with Gasteiger partial charge < -0.3 is 19.1 Å². The second-order valence-corrected chi connectivity index (χ2v) is 15.6. The van der Waals surface area contributed by atoms with Crippen LogP contribution in [0.1, 0.15) is 95.5 Å². The summed E-state index contributed by atoms with van der Waals surface area (Å²) in [5, 5.41) is 0. The number of nitrogens with zero attached hydrogens (tertiary/aromatic N) is 2. The van der Waals surface area contributed by atoms with E-state index in [0.29, 0.717) is 36.5 Å². The molecule has 1 aliphatic rings. The number of hydrogen-bond acceptors (Lipinski definition) is 6. The lowest BCUT2D eigenvalue weighted by atomic mass is 9.81. The molecule has 1 aliphatic heterocycles. The second-order valence-electron chi connectivity index (χ2n) is 15.6. The summed E-state index contributed by atoms with van der Waals surface area (Å²) >= 11 is 0. The van der Waals surface area contributed by atoms with Gasteiger partial charge in [0, 0.05) is 42.8 Å². The molecule has 8 heteroatoms. The number of carbonyl (C=O) groups is 1. The molecule has 6 nitrogen and oxygen atoms in total. The SMILES string of the molecule is Cc1nc(Cc2ccc(F)cc2)c(-c2ccc(OCCc3ccc(F)cc3)cc2)c(N2CCC(C)(C)CC2)c1[C@H](OC(C)(C)C)C(=O)OC(C)C. The molecule has 0 bridgehead atoms. The van der Waals surface area contributed by atoms with E-state index < -0.39 is 17.7 Å². The molecular formula is C43H52F2N2O4. The molecule has 0 amide bonds. The van der Waals surface area contributed by atoms with E-state index in [1.54, 1.807) is 24.3 Å². The van der Waals surface area contributed by atoms with Gasteiger partial charge in [-0.25, -0.2) is 13.6 Å². The topological polar surface area (TPSA) is 60.9 Å². The minimum atomic E-state index is -1.02. The van der Waals surface area contributed by atoms with Crippen LogP contribution < -0.4 is 9.64 Å². The number of hydrogen-bond donors (Lipinski definition) is 0. The van der Waals surface area contributed by atoms with E-state index in [4.69, 9.17) is 19.2 Å². The molecule has 272 valence electrons. The highest BCUT2D eigenvalue weighted by molar-refractivity contribution is 5.89. The summed E-state index contributed by atoms with van der Waals surface area (Å²) in [6.45, 7) is 18.0. The highest BCUT2D eigenvalue weighted by atomic mass is 19.1. The minimum absolute atomic E-state index is 0.181. The third-order valence-corrected chi connectivity index (χ3v) is 9.21. The first kappa shape index (κ1) is 37.9. The monoisotopic (exact) mass is 698 g/mol. The van der Waals surface area contributed by atoms with Crippen molar-refractivity contribution >= 4 is 11.7 Å². The first-order valence-corrected chi connectivity index (χ1v) is 18.0. The highest BCUT2D eigenvalue weighted by Gasteiger charge is 2.38. The molecule has 0 aliphatic carbocycles. The van der Waals surface area contributed by atoms with Crippen LogP contribution in [0.4, 0.5) is 14.5 Å². The number of anilines is 1. The van der Waals surface area contributed by atoms with Crippen LogP contribution in [0.5, 0.6) is 5.75 Å². The standard InChI is InChI=1S/C43H52F2N2O4/c1-28(2)50-41(48)40(51-42(4,5)6)37-29(3)46-36(27-31-11-17-34(45)18-12-31)38(39(37)47-24-22-43(7,8)23-25-47)32-13-19-35(20-14-32)49-26-21-30-9-15-33(44)16-10-30/h9-20,28,40H,21-27H2,1-8H3/t40-/m0/s1. The predicted octanol–water partition coefficient (Wildman–Crippen LogP) is 9.98. The smallest absolute Gasteiger partial charge is 0.340 e. The van der Waals surface area contributed by atoms with Crippen molar-refractivity contribution in [2.45, 2.75) is 98.9 Å². The zero-order valence-electron chi connectivity index (χ0n) is 31.3. The van der Waals surface area contributed by atoms with Gasteiger partial charge in [0.05, 0.1) is 29.7 Å². The van der Waals surface area contributed by atoms with E-state index in [1.807, 2.05) is 65.8 Å². The molecule has 1 saturated heterocycles. The Morgan fingerprint density at radius 2 is 1.45 bits per heavy atom. The van der Waals surface area contributed by atoms with Crippen molar-refractivity contribution < 1.29 is 27.8 Å². The van der Waals surface area contributed by atoms with Gasteiger partial charge in [-0.15, -0.1) is 0 Å². The molecule has 0 radical (unpaired) electrons. The average molecular weight is 699 g/mol. The van der Waals surface area contributed by atoms with Gasteiger partial charge in [-0.3, -0.25) is 4.98 Å². The number of aromatic nitrogens is 1. The fourth-order valence-electron chi connectivity index (χ4n) is 6.49. The Morgan fingerprint density at radius 1 is 0.882 bits per heavy atom. The Kier molecular flexibility index (Phi) is 11.9. The van der Waals surface area contributed by atoms with Crippen LogP contribution in [0, 0.1) is 24.0 Å². The molecule has 0 N–H and O–H groups in total. The highest BCUT2D eigenvalue weighted by Crippen LogP contribution is 2.46. The van der Waals surface area contributed by atoms with Gasteiger partial charge in [-0.05, 0) is 113 Å². The van der Waals surface area contributed by atoms with Gasteiger partial charge >= 0.3 is 5.97 Å². The molecule has 0 unspecified atom stereocenters. The van der Waals surface area contributed by atoms with E-state index in [1.165, 1.54) is 24.3 Å². The number of benzene rings is 3. The minimum Gasteiger partial charge on any atom is -0.493 e. The lowest BCUT2D eigenvalue weighted by molar-refractivity contribution is -0.171. The van der Waals surface area contributed by atoms with Crippen molar-refractivity contribution in [3.8, 4) is 16.9 Å². The van der Waals surface area contributed by atoms with E-state index in [0.717, 1.165) is 59.6 Å². The molecule has 5 rings (SSSR count). The van der Waals surface area contributed by atoms with Crippen molar-refractivity contribution in [2.75, 3.05) is 24.6 Å². The average Bonchev–Trinajstić information content (AvgIpc) is 3.05. The number of pyridine rings is 1. The van der Waals surface area contributed by atoms with E-state index >= 15 is 0 Å². The third kappa shape index (κ3) is 10.2. The molecule has 1 aromatic heterocycles. The number of halogens is 2. The molecular weight excluding hydrogens is 646 g/mol. The van der Waals surface area contributed by atoms with Crippen LogP contribution in [0.15, 0.2) is 72.8 Å². The van der Waals surface area contributed by atoms with E-state index in [2.05, 4.69) is 18.7 Å². The van der Waals surface area contributed by atoms with Gasteiger partial charge in [0.1, 0.15) is 17.4 Å². The number of esters is 1. The Hall–Kier alpha value is -4.30. The van der Waals surface area contributed by atoms with Gasteiger partial charge in [0.15, 0.2) is 6.10 Å². The zero-order chi connectivity index (χ0) is 36.9. The van der Waals surface area contributed by atoms with Crippen molar-refractivity contribution in [1.29, 1.82) is 0 Å². The van der Waals surface area contributed by atoms with Crippen LogP contribution in [-0.2, 0) is 27.1 Å². The maximum absolute atomic E-state index is 14.0. The normalized spacial score (nSPS) is 15.2. The van der Waals surface area contributed by atoms with Crippen molar-refractivity contribution in [3.63, 3.8) is 0 Å². The summed E-state index contributed by atoms with van der Waals surface area (Å²) in [4.78, 5) is 21.6. The Balaban J connectivity index is 1.65. The largest absolute Gasteiger partial charge is 0.493 e.